The minimum absolute atomic E-state index is 0.265. The number of halogens is 1. The molecule has 1 aromatic carbocycles. The monoisotopic (exact) mass is 263 g/mol. The molecule has 4 heteroatoms. The summed E-state index contributed by atoms with van der Waals surface area (Å²) in [5, 5.41) is 10.0. The van der Waals surface area contributed by atoms with Crippen molar-refractivity contribution < 1.29 is 14.3 Å². The van der Waals surface area contributed by atoms with Crippen LogP contribution < -0.4 is 0 Å². The number of carboxylic acid groups (broad SMARTS) is 1. The number of hydrogen-bond donors (Lipinski definition) is 1. The van der Waals surface area contributed by atoms with E-state index in [2.05, 4.69) is 0 Å². The molecule has 0 radical (unpaired) electrons. The fraction of sp³-hybridized carbons (Fsp3) is 0.400. The van der Waals surface area contributed by atoms with E-state index in [0.717, 1.165) is 10.9 Å². The fourth-order valence-corrected chi connectivity index (χ4v) is 2.33. The Labute approximate surface area is 111 Å². The van der Waals surface area contributed by atoms with Gasteiger partial charge in [0.25, 0.3) is 0 Å². The summed E-state index contributed by atoms with van der Waals surface area (Å²) in [7, 11) is 0. The van der Waals surface area contributed by atoms with Crippen LogP contribution in [0.3, 0.4) is 0 Å². The van der Waals surface area contributed by atoms with Crippen molar-refractivity contribution in [1.29, 1.82) is 0 Å². The number of aromatic nitrogens is 1. The summed E-state index contributed by atoms with van der Waals surface area (Å²) >= 11 is 0. The zero-order valence-electron chi connectivity index (χ0n) is 11.4. The van der Waals surface area contributed by atoms with Gasteiger partial charge in [0.15, 0.2) is 0 Å². The number of carboxylic acids is 1. The van der Waals surface area contributed by atoms with Gasteiger partial charge >= 0.3 is 5.97 Å². The van der Waals surface area contributed by atoms with Crippen LogP contribution in [-0.2, 0) is 17.8 Å². The third-order valence-electron chi connectivity index (χ3n) is 3.48. The highest BCUT2D eigenvalue weighted by Gasteiger charge is 2.29. The van der Waals surface area contributed by atoms with Gasteiger partial charge in [-0.15, -0.1) is 0 Å². The summed E-state index contributed by atoms with van der Waals surface area (Å²) in [4.78, 5) is 11.2. The van der Waals surface area contributed by atoms with E-state index in [9.17, 15) is 14.3 Å². The summed E-state index contributed by atoms with van der Waals surface area (Å²) in [6, 6.07) is 4.94. The zero-order chi connectivity index (χ0) is 14.2. The molecular formula is C15H18FNO2. The van der Waals surface area contributed by atoms with Gasteiger partial charge in [-0.3, -0.25) is 4.79 Å². The molecule has 0 saturated heterocycles. The Morgan fingerprint density at radius 3 is 2.68 bits per heavy atom. The van der Waals surface area contributed by atoms with Gasteiger partial charge in [-0.2, -0.15) is 0 Å². The molecule has 19 heavy (non-hydrogen) atoms. The van der Waals surface area contributed by atoms with E-state index < -0.39 is 11.4 Å². The molecule has 0 aliphatic rings. The topological polar surface area (TPSA) is 42.2 Å². The van der Waals surface area contributed by atoms with Gasteiger partial charge in [0.05, 0.1) is 10.9 Å². The molecule has 1 aromatic heterocycles. The largest absolute Gasteiger partial charge is 0.481 e. The van der Waals surface area contributed by atoms with Gasteiger partial charge in [0.1, 0.15) is 5.82 Å². The van der Waals surface area contributed by atoms with Gasteiger partial charge in [0, 0.05) is 18.1 Å². The lowest BCUT2D eigenvalue weighted by Gasteiger charge is -2.18. The molecule has 0 saturated carbocycles. The van der Waals surface area contributed by atoms with Crippen LogP contribution in [-0.4, -0.2) is 15.6 Å². The van der Waals surface area contributed by atoms with Crippen LogP contribution in [0.4, 0.5) is 4.39 Å². The second-order valence-electron chi connectivity index (χ2n) is 5.44. The van der Waals surface area contributed by atoms with Gasteiger partial charge in [-0.25, -0.2) is 4.39 Å². The number of rotatable bonds is 4. The highest BCUT2D eigenvalue weighted by Crippen LogP contribution is 2.30. The van der Waals surface area contributed by atoms with Crippen LogP contribution in [0.25, 0.3) is 10.9 Å². The van der Waals surface area contributed by atoms with Crippen molar-refractivity contribution in [3.05, 3.63) is 35.8 Å². The molecule has 102 valence electrons. The maximum atomic E-state index is 13.9. The minimum atomic E-state index is -0.862. The minimum Gasteiger partial charge on any atom is -0.481 e. The molecule has 0 spiro atoms. The number of hydrogen-bond acceptors (Lipinski definition) is 1. The molecule has 0 atom stereocenters. The van der Waals surface area contributed by atoms with Crippen LogP contribution in [0.1, 0.15) is 26.3 Å². The summed E-state index contributed by atoms with van der Waals surface area (Å²) in [6.07, 6.45) is 2.24. The highest BCUT2D eigenvalue weighted by atomic mass is 19.1. The normalized spacial score (nSPS) is 12.0. The van der Waals surface area contributed by atoms with E-state index in [-0.39, 0.29) is 5.82 Å². The predicted octanol–water partition coefficient (Wildman–Crippen LogP) is 3.45. The lowest BCUT2D eigenvalue weighted by atomic mass is 9.86. The lowest BCUT2D eigenvalue weighted by molar-refractivity contribution is -0.146. The maximum Gasteiger partial charge on any atom is 0.309 e. The van der Waals surface area contributed by atoms with Crippen LogP contribution in [0.5, 0.6) is 0 Å². The van der Waals surface area contributed by atoms with Gasteiger partial charge < -0.3 is 9.67 Å². The third-order valence-corrected chi connectivity index (χ3v) is 3.48. The number of nitrogens with zero attached hydrogens (tertiary/aromatic N) is 1. The third kappa shape index (κ3) is 2.35. The molecule has 0 fully saturated rings. The Bertz CT molecular complexity index is 628. The molecule has 0 unspecified atom stereocenters. The Kier molecular flexibility index (Phi) is 3.35. The summed E-state index contributed by atoms with van der Waals surface area (Å²) in [5.41, 5.74) is 0.573. The molecule has 1 N–H and O–H groups in total. The molecule has 0 aliphatic heterocycles. The van der Waals surface area contributed by atoms with Crippen LogP contribution in [0.15, 0.2) is 24.4 Å². The summed E-state index contributed by atoms with van der Waals surface area (Å²) < 4.78 is 15.7. The van der Waals surface area contributed by atoms with Crippen molar-refractivity contribution in [2.75, 3.05) is 0 Å². The lowest BCUT2D eigenvalue weighted by Crippen LogP contribution is -2.26. The number of carbonyl (C=O) groups is 1. The van der Waals surface area contributed by atoms with E-state index in [4.69, 9.17) is 0 Å². The number of benzene rings is 1. The second-order valence-corrected chi connectivity index (χ2v) is 5.44. The van der Waals surface area contributed by atoms with Crippen molar-refractivity contribution in [2.24, 2.45) is 5.41 Å². The molecule has 0 aliphatic carbocycles. The Morgan fingerprint density at radius 2 is 2.11 bits per heavy atom. The Morgan fingerprint density at radius 1 is 1.42 bits per heavy atom. The van der Waals surface area contributed by atoms with Crippen molar-refractivity contribution >= 4 is 16.9 Å². The number of aliphatic carboxylic acids is 1. The molecule has 0 amide bonds. The van der Waals surface area contributed by atoms with E-state index in [0.29, 0.717) is 18.5 Å². The first-order valence-corrected chi connectivity index (χ1v) is 6.36. The standard InChI is InChI=1S/C15H18FNO2/c1-4-17-9-10(8-15(2,3)14(18)19)11-6-5-7-12(16)13(11)17/h5-7,9H,4,8H2,1-3H3,(H,18,19). The fourth-order valence-electron chi connectivity index (χ4n) is 2.33. The molecule has 2 rings (SSSR count). The smallest absolute Gasteiger partial charge is 0.309 e. The number of aryl methyl sites for hydroxylation is 1. The average molecular weight is 263 g/mol. The summed E-state index contributed by atoms with van der Waals surface area (Å²) in [6.45, 7) is 5.97. The van der Waals surface area contributed by atoms with E-state index in [1.165, 1.54) is 6.07 Å². The highest BCUT2D eigenvalue weighted by molar-refractivity contribution is 5.85. The first-order chi connectivity index (χ1) is 8.86. The van der Waals surface area contributed by atoms with Crippen LogP contribution in [0.2, 0.25) is 0 Å². The van der Waals surface area contributed by atoms with Crippen molar-refractivity contribution in [1.82, 2.24) is 4.57 Å². The molecular weight excluding hydrogens is 245 g/mol. The van der Waals surface area contributed by atoms with E-state index >= 15 is 0 Å². The number of para-hydroxylation sites is 1. The molecule has 1 heterocycles. The van der Waals surface area contributed by atoms with Gasteiger partial charge in [-0.05, 0) is 38.8 Å². The summed E-state index contributed by atoms with van der Waals surface area (Å²) in [5.74, 6) is -1.11. The van der Waals surface area contributed by atoms with E-state index in [1.807, 2.05) is 23.8 Å². The van der Waals surface area contributed by atoms with Crippen LogP contribution in [0, 0.1) is 11.2 Å². The SMILES string of the molecule is CCn1cc(CC(C)(C)C(=O)O)c2cccc(F)c21. The molecule has 3 nitrogen and oxygen atoms in total. The first kappa shape index (κ1) is 13.6. The molecule has 2 aromatic rings. The first-order valence-electron chi connectivity index (χ1n) is 6.36. The van der Waals surface area contributed by atoms with Gasteiger partial charge in [-0.1, -0.05) is 12.1 Å². The zero-order valence-corrected chi connectivity index (χ0v) is 11.4. The second kappa shape index (κ2) is 4.68. The van der Waals surface area contributed by atoms with Crippen molar-refractivity contribution in [3.63, 3.8) is 0 Å². The Balaban J connectivity index is 2.57. The number of fused-ring (bicyclic) bond motifs is 1. The average Bonchev–Trinajstić information content (AvgIpc) is 2.68. The molecule has 0 bridgehead atoms. The van der Waals surface area contributed by atoms with Gasteiger partial charge in [0.2, 0.25) is 0 Å². The quantitative estimate of drug-likeness (QED) is 0.918. The van der Waals surface area contributed by atoms with Crippen molar-refractivity contribution in [3.8, 4) is 0 Å². The van der Waals surface area contributed by atoms with Crippen LogP contribution >= 0.6 is 0 Å². The maximum absolute atomic E-state index is 13.9. The van der Waals surface area contributed by atoms with Crippen molar-refractivity contribution in [2.45, 2.75) is 33.7 Å². The predicted molar refractivity (Wildman–Crippen MR) is 72.7 cm³/mol. The van der Waals surface area contributed by atoms with E-state index in [1.54, 1.807) is 19.9 Å². The Hall–Kier alpha value is -1.84.